The van der Waals surface area contributed by atoms with E-state index in [-0.39, 0.29) is 5.97 Å². The smallest absolute Gasteiger partial charge is 0.356 e. The molecular weight excluding hydrogens is 290 g/mol. The average Bonchev–Trinajstić information content (AvgIpc) is 2.56. The largest absolute Gasteiger partial charge is 0.464 e. The molecule has 5 nitrogen and oxygen atoms in total. The molecule has 0 radical (unpaired) electrons. The summed E-state index contributed by atoms with van der Waals surface area (Å²) in [6, 6.07) is 3.69. The van der Waals surface area contributed by atoms with Crippen molar-refractivity contribution in [1.29, 1.82) is 0 Å². The number of pyridine rings is 1. The summed E-state index contributed by atoms with van der Waals surface area (Å²) in [6.07, 6.45) is 2.42. The highest BCUT2D eigenvalue weighted by atomic mass is 16.5. The van der Waals surface area contributed by atoms with Gasteiger partial charge < -0.3 is 14.5 Å². The van der Waals surface area contributed by atoms with Crippen LogP contribution in [0.3, 0.4) is 0 Å². The summed E-state index contributed by atoms with van der Waals surface area (Å²) in [6.45, 7) is 10.5. The second-order valence-electron chi connectivity index (χ2n) is 6.49. The highest BCUT2D eigenvalue weighted by molar-refractivity contribution is 5.87. The van der Waals surface area contributed by atoms with Crippen molar-refractivity contribution in [3.63, 3.8) is 0 Å². The van der Waals surface area contributed by atoms with Crippen molar-refractivity contribution in [2.45, 2.75) is 33.6 Å². The van der Waals surface area contributed by atoms with Crippen molar-refractivity contribution in [2.75, 3.05) is 45.2 Å². The minimum atomic E-state index is -0.370. The molecule has 5 heteroatoms. The first kappa shape index (κ1) is 17.7. The average molecular weight is 319 g/mol. The zero-order chi connectivity index (χ0) is 17.0. The van der Waals surface area contributed by atoms with Crippen LogP contribution in [0.1, 0.15) is 42.7 Å². The van der Waals surface area contributed by atoms with Gasteiger partial charge in [-0.2, -0.15) is 0 Å². The maximum absolute atomic E-state index is 11.6. The van der Waals surface area contributed by atoms with Gasteiger partial charge >= 0.3 is 5.97 Å². The highest BCUT2D eigenvalue weighted by Gasteiger charge is 2.43. The summed E-state index contributed by atoms with van der Waals surface area (Å²) in [4.78, 5) is 20.9. The molecule has 1 aromatic heterocycles. The standard InChI is InChI=1S/C16H23N3O2.C2H6/c1-12-4-5-13(15(20)21-3)17-14(12)19-8-6-16(7-9-19)10-18(2)11-16;1-2/h4-5H,6-11H2,1-3H3;1-2H3. The maximum atomic E-state index is 11.6. The van der Waals surface area contributed by atoms with Gasteiger partial charge in [0.05, 0.1) is 7.11 Å². The number of ether oxygens (including phenoxy) is 1. The van der Waals surface area contributed by atoms with E-state index in [9.17, 15) is 4.79 Å². The van der Waals surface area contributed by atoms with Crippen LogP contribution in [0.25, 0.3) is 0 Å². The molecule has 0 unspecified atom stereocenters. The first-order chi connectivity index (χ1) is 11.0. The third kappa shape index (κ3) is 3.66. The molecule has 0 bridgehead atoms. The third-order valence-electron chi connectivity index (χ3n) is 4.80. The summed E-state index contributed by atoms with van der Waals surface area (Å²) in [5, 5.41) is 0. The monoisotopic (exact) mass is 319 g/mol. The number of carbonyl (C=O) groups is 1. The van der Waals surface area contributed by atoms with Gasteiger partial charge in [0.2, 0.25) is 0 Å². The molecule has 2 aliphatic rings. The van der Waals surface area contributed by atoms with Crippen LogP contribution in [-0.2, 0) is 4.74 Å². The summed E-state index contributed by atoms with van der Waals surface area (Å²) in [5.74, 6) is 0.561. The van der Waals surface area contributed by atoms with Gasteiger partial charge in [0, 0.05) is 26.2 Å². The summed E-state index contributed by atoms with van der Waals surface area (Å²) in [5.41, 5.74) is 2.03. The van der Waals surface area contributed by atoms with Crippen LogP contribution >= 0.6 is 0 Å². The molecule has 0 N–H and O–H groups in total. The lowest BCUT2D eigenvalue weighted by Gasteiger charge is -2.53. The zero-order valence-electron chi connectivity index (χ0n) is 15.1. The molecule has 0 saturated carbocycles. The normalized spacial score (nSPS) is 19.6. The van der Waals surface area contributed by atoms with Gasteiger partial charge in [-0.3, -0.25) is 0 Å². The lowest BCUT2D eigenvalue weighted by atomic mass is 9.72. The topological polar surface area (TPSA) is 45.7 Å². The van der Waals surface area contributed by atoms with Crippen LogP contribution in [0.4, 0.5) is 5.82 Å². The van der Waals surface area contributed by atoms with Crippen molar-refractivity contribution >= 4 is 11.8 Å². The molecule has 1 aromatic rings. The zero-order valence-corrected chi connectivity index (χ0v) is 15.1. The molecule has 23 heavy (non-hydrogen) atoms. The minimum Gasteiger partial charge on any atom is -0.464 e. The first-order valence-electron chi connectivity index (χ1n) is 8.52. The van der Waals surface area contributed by atoms with Gasteiger partial charge in [-0.15, -0.1) is 0 Å². The Morgan fingerprint density at radius 1 is 1.22 bits per heavy atom. The molecule has 2 fully saturated rings. The number of hydrogen-bond acceptors (Lipinski definition) is 5. The maximum Gasteiger partial charge on any atom is 0.356 e. The molecule has 1 spiro atoms. The van der Waals surface area contributed by atoms with Crippen LogP contribution in [0.15, 0.2) is 12.1 Å². The summed E-state index contributed by atoms with van der Waals surface area (Å²) in [7, 11) is 3.57. The number of hydrogen-bond donors (Lipinski definition) is 0. The number of piperidine rings is 1. The quantitative estimate of drug-likeness (QED) is 0.784. The van der Waals surface area contributed by atoms with E-state index in [4.69, 9.17) is 4.74 Å². The number of aromatic nitrogens is 1. The fourth-order valence-corrected chi connectivity index (χ4v) is 3.66. The van der Waals surface area contributed by atoms with Crippen molar-refractivity contribution in [1.82, 2.24) is 9.88 Å². The predicted octanol–water partition coefficient (Wildman–Crippen LogP) is 2.73. The van der Waals surface area contributed by atoms with E-state index < -0.39 is 0 Å². The minimum absolute atomic E-state index is 0.370. The molecule has 3 rings (SSSR count). The number of nitrogens with zero attached hydrogens (tertiary/aromatic N) is 3. The predicted molar refractivity (Wildman–Crippen MR) is 93.0 cm³/mol. The number of carbonyl (C=O) groups excluding carboxylic acids is 1. The molecule has 0 aliphatic carbocycles. The summed E-state index contributed by atoms with van der Waals surface area (Å²) < 4.78 is 4.76. The van der Waals surface area contributed by atoms with E-state index in [0.717, 1.165) is 24.5 Å². The van der Waals surface area contributed by atoms with Gasteiger partial charge in [-0.1, -0.05) is 19.9 Å². The van der Waals surface area contributed by atoms with Crippen LogP contribution in [-0.4, -0.2) is 56.2 Å². The Labute approximate surface area is 139 Å². The van der Waals surface area contributed by atoms with Gasteiger partial charge in [0.1, 0.15) is 5.82 Å². The molecule has 0 aromatic carbocycles. The van der Waals surface area contributed by atoms with Gasteiger partial charge in [0.15, 0.2) is 5.69 Å². The number of anilines is 1. The molecule has 128 valence electrons. The second kappa shape index (κ2) is 7.30. The van der Waals surface area contributed by atoms with Crippen molar-refractivity contribution in [2.24, 2.45) is 5.41 Å². The van der Waals surface area contributed by atoms with Crippen molar-refractivity contribution < 1.29 is 9.53 Å². The highest BCUT2D eigenvalue weighted by Crippen LogP contribution is 2.40. The van der Waals surface area contributed by atoms with E-state index >= 15 is 0 Å². The SMILES string of the molecule is CC.COC(=O)c1ccc(C)c(N2CCC3(CC2)CN(C)C3)n1. The van der Waals surface area contributed by atoms with E-state index in [0.29, 0.717) is 11.1 Å². The van der Waals surface area contributed by atoms with Crippen molar-refractivity contribution in [3.8, 4) is 0 Å². The lowest BCUT2D eigenvalue weighted by molar-refractivity contribution is 0.00118. The van der Waals surface area contributed by atoms with Crippen molar-refractivity contribution in [3.05, 3.63) is 23.4 Å². The van der Waals surface area contributed by atoms with Gasteiger partial charge in [-0.25, -0.2) is 9.78 Å². The van der Waals surface area contributed by atoms with E-state index in [1.54, 1.807) is 6.07 Å². The molecule has 2 aliphatic heterocycles. The third-order valence-corrected chi connectivity index (χ3v) is 4.80. The molecule has 3 heterocycles. The van der Waals surface area contributed by atoms with Crippen LogP contribution < -0.4 is 4.90 Å². The Balaban J connectivity index is 0.000000924. The van der Waals surface area contributed by atoms with Crippen LogP contribution in [0, 0.1) is 12.3 Å². The van der Waals surface area contributed by atoms with Gasteiger partial charge in [-0.05, 0) is 43.9 Å². The molecule has 2 saturated heterocycles. The number of likely N-dealkylation sites (tertiary alicyclic amines) is 1. The number of rotatable bonds is 2. The fourth-order valence-electron chi connectivity index (χ4n) is 3.66. The molecular formula is C18H29N3O2. The van der Waals surface area contributed by atoms with E-state index in [1.165, 1.54) is 33.0 Å². The van der Waals surface area contributed by atoms with Crippen LogP contribution in [0.2, 0.25) is 0 Å². The number of esters is 1. The van der Waals surface area contributed by atoms with E-state index in [1.807, 2.05) is 26.8 Å². The number of aryl methyl sites for hydroxylation is 1. The number of methoxy groups -OCH3 is 1. The molecule has 0 atom stereocenters. The van der Waals surface area contributed by atoms with E-state index in [2.05, 4.69) is 21.8 Å². The Morgan fingerprint density at radius 3 is 2.35 bits per heavy atom. The van der Waals surface area contributed by atoms with Gasteiger partial charge in [0.25, 0.3) is 0 Å². The lowest BCUT2D eigenvalue weighted by Crippen LogP contribution is -2.58. The molecule has 0 amide bonds. The Morgan fingerprint density at radius 2 is 1.83 bits per heavy atom. The first-order valence-corrected chi connectivity index (χ1v) is 8.52. The van der Waals surface area contributed by atoms with Crippen LogP contribution in [0.5, 0.6) is 0 Å². The second-order valence-corrected chi connectivity index (χ2v) is 6.49. The Bertz CT molecular complexity index is 543. The summed E-state index contributed by atoms with van der Waals surface area (Å²) >= 11 is 0. The Kier molecular flexibility index (Phi) is 5.63. The fraction of sp³-hybridized carbons (Fsp3) is 0.667. The Hall–Kier alpha value is -1.62.